The Morgan fingerprint density at radius 2 is 2.13 bits per heavy atom. The minimum atomic E-state index is 0.628. The Balaban J connectivity index is 2.07. The number of rotatable bonds is 2. The molecule has 0 radical (unpaired) electrons. The standard InChI is InChI=1S/C13H18ClN/c1-9-6-7-11(8-12(9)14)15-13-5-3-4-10(13)2/h6-8,10,13,15H,3-5H2,1-2H3. The molecule has 2 unspecified atom stereocenters. The second-order valence-corrected chi connectivity index (χ2v) is 5.03. The molecule has 0 bridgehead atoms. The van der Waals surface area contributed by atoms with E-state index in [1.165, 1.54) is 19.3 Å². The van der Waals surface area contributed by atoms with Gasteiger partial charge in [-0.3, -0.25) is 0 Å². The van der Waals surface area contributed by atoms with Crippen molar-refractivity contribution in [3.8, 4) is 0 Å². The van der Waals surface area contributed by atoms with E-state index in [0.717, 1.165) is 22.2 Å². The van der Waals surface area contributed by atoms with Crippen molar-refractivity contribution < 1.29 is 0 Å². The van der Waals surface area contributed by atoms with E-state index in [-0.39, 0.29) is 0 Å². The third-order valence-corrected chi connectivity index (χ3v) is 3.79. The molecule has 1 nitrogen and oxygen atoms in total. The minimum Gasteiger partial charge on any atom is -0.382 e. The fourth-order valence-electron chi connectivity index (χ4n) is 2.26. The maximum atomic E-state index is 6.10. The van der Waals surface area contributed by atoms with Crippen molar-refractivity contribution in [2.45, 2.75) is 39.2 Å². The summed E-state index contributed by atoms with van der Waals surface area (Å²) in [6, 6.07) is 6.85. The molecule has 15 heavy (non-hydrogen) atoms. The Morgan fingerprint density at radius 3 is 2.73 bits per heavy atom. The van der Waals surface area contributed by atoms with Crippen LogP contribution < -0.4 is 5.32 Å². The van der Waals surface area contributed by atoms with Gasteiger partial charge in [0.15, 0.2) is 0 Å². The molecule has 2 heteroatoms. The van der Waals surface area contributed by atoms with Crippen LogP contribution in [0.4, 0.5) is 5.69 Å². The molecule has 0 aliphatic heterocycles. The lowest BCUT2D eigenvalue weighted by Crippen LogP contribution is -2.21. The largest absolute Gasteiger partial charge is 0.382 e. The van der Waals surface area contributed by atoms with Crippen LogP contribution in [0.25, 0.3) is 0 Å². The topological polar surface area (TPSA) is 12.0 Å². The summed E-state index contributed by atoms with van der Waals surface area (Å²) < 4.78 is 0. The Bertz CT molecular complexity index is 348. The van der Waals surface area contributed by atoms with E-state index in [0.29, 0.717) is 6.04 Å². The third kappa shape index (κ3) is 2.46. The maximum absolute atomic E-state index is 6.10. The Morgan fingerprint density at radius 1 is 1.33 bits per heavy atom. The molecule has 1 fully saturated rings. The smallest absolute Gasteiger partial charge is 0.0455 e. The van der Waals surface area contributed by atoms with Gasteiger partial charge < -0.3 is 5.32 Å². The van der Waals surface area contributed by atoms with Gasteiger partial charge in [0.05, 0.1) is 0 Å². The average molecular weight is 224 g/mol. The van der Waals surface area contributed by atoms with Crippen LogP contribution in [-0.2, 0) is 0 Å². The highest BCUT2D eigenvalue weighted by atomic mass is 35.5. The third-order valence-electron chi connectivity index (χ3n) is 3.39. The van der Waals surface area contributed by atoms with E-state index in [9.17, 15) is 0 Å². The second-order valence-electron chi connectivity index (χ2n) is 4.62. The Labute approximate surface area is 96.8 Å². The molecule has 0 aromatic heterocycles. The molecule has 1 saturated carbocycles. The quantitative estimate of drug-likeness (QED) is 0.791. The maximum Gasteiger partial charge on any atom is 0.0455 e. The number of nitrogens with one attached hydrogen (secondary N) is 1. The van der Waals surface area contributed by atoms with Gasteiger partial charge in [0.2, 0.25) is 0 Å². The normalized spacial score (nSPS) is 25.5. The number of benzene rings is 1. The van der Waals surface area contributed by atoms with Gasteiger partial charge in [-0.2, -0.15) is 0 Å². The van der Waals surface area contributed by atoms with E-state index in [4.69, 9.17) is 11.6 Å². The van der Waals surface area contributed by atoms with Crippen LogP contribution in [0, 0.1) is 12.8 Å². The van der Waals surface area contributed by atoms with Crippen LogP contribution >= 0.6 is 11.6 Å². The first kappa shape index (κ1) is 10.8. The van der Waals surface area contributed by atoms with Crippen molar-refractivity contribution in [2.24, 2.45) is 5.92 Å². The number of aryl methyl sites for hydroxylation is 1. The number of halogens is 1. The molecule has 1 aliphatic carbocycles. The van der Waals surface area contributed by atoms with Crippen LogP contribution in [0.2, 0.25) is 5.02 Å². The molecular formula is C13H18ClN. The molecular weight excluding hydrogens is 206 g/mol. The molecule has 82 valence electrons. The molecule has 1 aromatic rings. The summed E-state index contributed by atoms with van der Waals surface area (Å²) in [6.45, 7) is 4.35. The predicted octanol–water partition coefficient (Wildman–Crippen LogP) is 4.25. The molecule has 0 saturated heterocycles. The fourth-order valence-corrected chi connectivity index (χ4v) is 2.44. The molecule has 0 amide bonds. The first-order chi connectivity index (χ1) is 7.16. The van der Waals surface area contributed by atoms with E-state index in [1.54, 1.807) is 0 Å². The van der Waals surface area contributed by atoms with Crippen molar-refractivity contribution in [3.63, 3.8) is 0 Å². The van der Waals surface area contributed by atoms with Gasteiger partial charge in [0, 0.05) is 16.8 Å². The Kier molecular flexibility index (Phi) is 3.20. The van der Waals surface area contributed by atoms with Crippen LogP contribution in [0.15, 0.2) is 18.2 Å². The van der Waals surface area contributed by atoms with Crippen molar-refractivity contribution in [3.05, 3.63) is 28.8 Å². The van der Waals surface area contributed by atoms with Crippen LogP contribution in [0.3, 0.4) is 0 Å². The van der Waals surface area contributed by atoms with Crippen molar-refractivity contribution >= 4 is 17.3 Å². The molecule has 2 rings (SSSR count). The second kappa shape index (κ2) is 4.44. The molecule has 2 atom stereocenters. The first-order valence-electron chi connectivity index (χ1n) is 5.69. The van der Waals surface area contributed by atoms with Crippen molar-refractivity contribution in [1.29, 1.82) is 0 Å². The summed E-state index contributed by atoms with van der Waals surface area (Å²) in [5.74, 6) is 0.782. The van der Waals surface area contributed by atoms with Crippen LogP contribution in [0.5, 0.6) is 0 Å². The monoisotopic (exact) mass is 223 g/mol. The minimum absolute atomic E-state index is 0.628. The molecule has 1 aromatic carbocycles. The summed E-state index contributed by atoms with van der Waals surface area (Å²) >= 11 is 6.10. The zero-order valence-corrected chi connectivity index (χ0v) is 10.1. The van der Waals surface area contributed by atoms with E-state index in [2.05, 4.69) is 24.4 Å². The highest BCUT2D eigenvalue weighted by Crippen LogP contribution is 2.29. The highest BCUT2D eigenvalue weighted by Gasteiger charge is 2.22. The van der Waals surface area contributed by atoms with Gasteiger partial charge in [0.1, 0.15) is 0 Å². The summed E-state index contributed by atoms with van der Waals surface area (Å²) in [5, 5.41) is 4.43. The molecule has 1 aliphatic rings. The van der Waals surface area contributed by atoms with Crippen molar-refractivity contribution in [1.82, 2.24) is 0 Å². The molecule has 1 N–H and O–H groups in total. The lowest BCUT2D eigenvalue weighted by Gasteiger charge is -2.19. The van der Waals surface area contributed by atoms with E-state index in [1.807, 2.05) is 13.0 Å². The summed E-state index contributed by atoms with van der Waals surface area (Å²) in [7, 11) is 0. The Hall–Kier alpha value is -0.690. The zero-order valence-electron chi connectivity index (χ0n) is 9.39. The van der Waals surface area contributed by atoms with Crippen LogP contribution in [0.1, 0.15) is 31.7 Å². The van der Waals surface area contributed by atoms with Gasteiger partial charge >= 0.3 is 0 Å². The fraction of sp³-hybridized carbons (Fsp3) is 0.538. The van der Waals surface area contributed by atoms with E-state index >= 15 is 0 Å². The highest BCUT2D eigenvalue weighted by molar-refractivity contribution is 6.31. The molecule has 0 spiro atoms. The number of anilines is 1. The summed E-state index contributed by atoms with van der Waals surface area (Å²) in [4.78, 5) is 0. The molecule has 0 heterocycles. The predicted molar refractivity (Wildman–Crippen MR) is 66.6 cm³/mol. The van der Waals surface area contributed by atoms with Gasteiger partial charge in [0.25, 0.3) is 0 Å². The zero-order chi connectivity index (χ0) is 10.8. The van der Waals surface area contributed by atoms with E-state index < -0.39 is 0 Å². The lowest BCUT2D eigenvalue weighted by atomic mass is 10.1. The van der Waals surface area contributed by atoms with Gasteiger partial charge in [-0.1, -0.05) is 31.0 Å². The van der Waals surface area contributed by atoms with Gasteiger partial charge in [-0.25, -0.2) is 0 Å². The number of hydrogen-bond donors (Lipinski definition) is 1. The summed E-state index contributed by atoms with van der Waals surface area (Å²) in [5.41, 5.74) is 2.30. The SMILES string of the molecule is Cc1ccc(NC2CCCC2C)cc1Cl. The van der Waals surface area contributed by atoms with Gasteiger partial charge in [-0.05, 0) is 43.4 Å². The summed E-state index contributed by atoms with van der Waals surface area (Å²) in [6.07, 6.45) is 3.97. The van der Waals surface area contributed by atoms with Crippen molar-refractivity contribution in [2.75, 3.05) is 5.32 Å². The number of hydrogen-bond acceptors (Lipinski definition) is 1. The first-order valence-corrected chi connectivity index (χ1v) is 6.07. The van der Waals surface area contributed by atoms with Crippen LogP contribution in [-0.4, -0.2) is 6.04 Å². The van der Waals surface area contributed by atoms with Gasteiger partial charge in [-0.15, -0.1) is 0 Å². The average Bonchev–Trinajstić information content (AvgIpc) is 2.59. The lowest BCUT2D eigenvalue weighted by molar-refractivity contribution is 0.556.